The summed E-state index contributed by atoms with van der Waals surface area (Å²) in [4.78, 5) is 33.3. The Hall–Kier alpha value is -1.59. The fraction of sp³-hybridized carbons (Fsp3) is 0.727. The molecule has 0 aromatic rings. The fourth-order valence-electron chi connectivity index (χ4n) is 1.37. The largest absolute Gasteiger partial charge is 0.481 e. The first-order chi connectivity index (χ1) is 7.57. The summed E-state index contributed by atoms with van der Waals surface area (Å²) in [5.74, 6) is -3.39. The Morgan fingerprint density at radius 3 is 2.06 bits per heavy atom. The van der Waals surface area contributed by atoms with Gasteiger partial charge in [-0.25, -0.2) is 0 Å². The van der Waals surface area contributed by atoms with Crippen LogP contribution in [-0.2, 0) is 14.4 Å². The molecule has 0 aromatic carbocycles. The lowest BCUT2D eigenvalue weighted by Gasteiger charge is -2.27. The quantitative estimate of drug-likeness (QED) is 0.616. The number of amides is 2. The molecule has 0 fully saturated rings. The van der Waals surface area contributed by atoms with Gasteiger partial charge in [0.15, 0.2) is 0 Å². The van der Waals surface area contributed by atoms with E-state index in [-0.39, 0.29) is 6.42 Å². The zero-order valence-corrected chi connectivity index (χ0v) is 10.6. The maximum atomic E-state index is 11.8. The van der Waals surface area contributed by atoms with Crippen LogP contribution in [0.4, 0.5) is 0 Å². The van der Waals surface area contributed by atoms with Crippen molar-refractivity contribution in [1.82, 2.24) is 5.32 Å². The summed E-state index contributed by atoms with van der Waals surface area (Å²) in [6.45, 7) is 6.32. The number of nitrogens with two attached hydrogens (primary N) is 1. The highest BCUT2D eigenvalue weighted by Gasteiger charge is 2.30. The second-order valence-corrected chi connectivity index (χ2v) is 4.93. The van der Waals surface area contributed by atoms with Gasteiger partial charge in [0.05, 0.1) is 5.92 Å². The average molecular weight is 244 g/mol. The molecule has 2 atom stereocenters. The SMILES string of the molecule is CC(C(=O)O)C(C)C(=O)NC(C)(C)CC(N)=O. The summed E-state index contributed by atoms with van der Waals surface area (Å²) >= 11 is 0. The van der Waals surface area contributed by atoms with Crippen LogP contribution in [0.15, 0.2) is 0 Å². The minimum Gasteiger partial charge on any atom is -0.481 e. The van der Waals surface area contributed by atoms with Crippen molar-refractivity contribution >= 4 is 17.8 Å². The Balaban J connectivity index is 4.53. The van der Waals surface area contributed by atoms with Gasteiger partial charge in [0.2, 0.25) is 11.8 Å². The van der Waals surface area contributed by atoms with Gasteiger partial charge < -0.3 is 16.2 Å². The van der Waals surface area contributed by atoms with Gasteiger partial charge in [0.1, 0.15) is 0 Å². The monoisotopic (exact) mass is 244 g/mol. The summed E-state index contributed by atoms with van der Waals surface area (Å²) in [5, 5.41) is 11.4. The lowest BCUT2D eigenvalue weighted by molar-refractivity contribution is -0.146. The van der Waals surface area contributed by atoms with Crippen LogP contribution in [0.3, 0.4) is 0 Å². The summed E-state index contributed by atoms with van der Waals surface area (Å²) in [5.41, 5.74) is 4.29. The van der Waals surface area contributed by atoms with Crippen molar-refractivity contribution in [1.29, 1.82) is 0 Å². The third-order valence-electron chi connectivity index (χ3n) is 2.63. The minimum absolute atomic E-state index is 0.00686. The third kappa shape index (κ3) is 5.33. The third-order valence-corrected chi connectivity index (χ3v) is 2.63. The van der Waals surface area contributed by atoms with Crippen LogP contribution < -0.4 is 11.1 Å². The van der Waals surface area contributed by atoms with E-state index in [2.05, 4.69) is 5.32 Å². The van der Waals surface area contributed by atoms with Gasteiger partial charge in [-0.1, -0.05) is 13.8 Å². The highest BCUT2D eigenvalue weighted by molar-refractivity contribution is 5.85. The van der Waals surface area contributed by atoms with E-state index in [1.165, 1.54) is 13.8 Å². The predicted molar refractivity (Wildman–Crippen MR) is 62.0 cm³/mol. The maximum Gasteiger partial charge on any atom is 0.307 e. The van der Waals surface area contributed by atoms with Gasteiger partial charge in [0, 0.05) is 17.9 Å². The Morgan fingerprint density at radius 1 is 1.24 bits per heavy atom. The number of carbonyl (C=O) groups excluding carboxylic acids is 2. The lowest BCUT2D eigenvalue weighted by Crippen LogP contribution is -2.49. The van der Waals surface area contributed by atoms with E-state index in [0.29, 0.717) is 0 Å². The Labute approximate surface area is 101 Å². The van der Waals surface area contributed by atoms with Gasteiger partial charge >= 0.3 is 5.97 Å². The maximum absolute atomic E-state index is 11.8. The van der Waals surface area contributed by atoms with E-state index < -0.39 is 35.2 Å². The average Bonchev–Trinajstić information content (AvgIpc) is 2.11. The van der Waals surface area contributed by atoms with Crippen molar-refractivity contribution in [3.8, 4) is 0 Å². The van der Waals surface area contributed by atoms with Gasteiger partial charge in [-0.05, 0) is 13.8 Å². The van der Waals surface area contributed by atoms with Crippen LogP contribution in [0.2, 0.25) is 0 Å². The molecule has 98 valence electrons. The Bertz CT molecular complexity index is 325. The molecule has 17 heavy (non-hydrogen) atoms. The van der Waals surface area contributed by atoms with Crippen molar-refractivity contribution in [2.45, 2.75) is 39.7 Å². The molecule has 0 radical (unpaired) electrons. The molecule has 0 aliphatic heterocycles. The van der Waals surface area contributed by atoms with Gasteiger partial charge in [-0.2, -0.15) is 0 Å². The molecule has 2 amide bonds. The van der Waals surface area contributed by atoms with E-state index in [1.54, 1.807) is 13.8 Å². The van der Waals surface area contributed by atoms with Crippen molar-refractivity contribution < 1.29 is 19.5 Å². The molecule has 6 nitrogen and oxygen atoms in total. The molecule has 0 saturated heterocycles. The number of nitrogens with one attached hydrogen (secondary N) is 1. The molecular weight excluding hydrogens is 224 g/mol. The molecule has 2 unspecified atom stereocenters. The van der Waals surface area contributed by atoms with Crippen molar-refractivity contribution in [2.24, 2.45) is 17.6 Å². The molecule has 0 rings (SSSR count). The molecule has 0 aliphatic carbocycles. The summed E-state index contributed by atoms with van der Waals surface area (Å²) in [7, 11) is 0. The van der Waals surface area contributed by atoms with Gasteiger partial charge in [-0.3, -0.25) is 14.4 Å². The standard InChI is InChI=1S/C11H20N2O4/c1-6(7(2)10(16)17)9(15)13-11(3,4)5-8(12)14/h6-7H,5H2,1-4H3,(H2,12,14)(H,13,15)(H,16,17). The summed E-state index contributed by atoms with van der Waals surface area (Å²) in [6.07, 6.45) is 0.00686. The summed E-state index contributed by atoms with van der Waals surface area (Å²) < 4.78 is 0. The Kier molecular flexibility index (Phi) is 5.12. The van der Waals surface area contributed by atoms with Crippen LogP contribution in [0, 0.1) is 11.8 Å². The van der Waals surface area contributed by atoms with E-state index in [9.17, 15) is 14.4 Å². The van der Waals surface area contributed by atoms with E-state index in [1.807, 2.05) is 0 Å². The lowest BCUT2D eigenvalue weighted by atomic mass is 9.92. The molecular formula is C11H20N2O4. The molecule has 0 aliphatic rings. The number of aliphatic carboxylic acids is 1. The van der Waals surface area contributed by atoms with Crippen molar-refractivity contribution in [3.63, 3.8) is 0 Å². The Morgan fingerprint density at radius 2 is 1.71 bits per heavy atom. The van der Waals surface area contributed by atoms with E-state index >= 15 is 0 Å². The number of carbonyl (C=O) groups is 3. The normalized spacial score (nSPS) is 14.8. The highest BCUT2D eigenvalue weighted by Crippen LogP contribution is 2.14. The van der Waals surface area contributed by atoms with Crippen LogP contribution in [-0.4, -0.2) is 28.4 Å². The first-order valence-corrected chi connectivity index (χ1v) is 5.40. The first kappa shape index (κ1) is 15.4. The van der Waals surface area contributed by atoms with Crippen LogP contribution in [0.5, 0.6) is 0 Å². The van der Waals surface area contributed by atoms with Crippen LogP contribution in [0.1, 0.15) is 34.1 Å². The molecule has 0 heterocycles. The highest BCUT2D eigenvalue weighted by atomic mass is 16.4. The molecule has 0 aromatic heterocycles. The first-order valence-electron chi connectivity index (χ1n) is 5.40. The molecule has 0 spiro atoms. The van der Waals surface area contributed by atoms with E-state index in [4.69, 9.17) is 10.8 Å². The number of carboxylic acids is 1. The fourth-order valence-corrected chi connectivity index (χ4v) is 1.37. The van der Waals surface area contributed by atoms with Crippen LogP contribution in [0.25, 0.3) is 0 Å². The number of hydrogen-bond acceptors (Lipinski definition) is 3. The van der Waals surface area contributed by atoms with Gasteiger partial charge in [-0.15, -0.1) is 0 Å². The number of primary amides is 1. The van der Waals surface area contributed by atoms with Crippen LogP contribution >= 0.6 is 0 Å². The predicted octanol–water partition coefficient (Wildman–Crippen LogP) is 0.113. The second-order valence-electron chi connectivity index (χ2n) is 4.93. The molecule has 4 N–H and O–H groups in total. The number of rotatable bonds is 6. The zero-order valence-electron chi connectivity index (χ0n) is 10.6. The summed E-state index contributed by atoms with van der Waals surface area (Å²) in [6, 6.07) is 0. The van der Waals surface area contributed by atoms with Crippen molar-refractivity contribution in [2.75, 3.05) is 0 Å². The van der Waals surface area contributed by atoms with E-state index in [0.717, 1.165) is 0 Å². The van der Waals surface area contributed by atoms with Crippen molar-refractivity contribution in [3.05, 3.63) is 0 Å². The minimum atomic E-state index is -1.03. The van der Waals surface area contributed by atoms with Gasteiger partial charge in [0.25, 0.3) is 0 Å². The zero-order chi connectivity index (χ0) is 13.8. The number of hydrogen-bond donors (Lipinski definition) is 3. The molecule has 6 heteroatoms. The smallest absolute Gasteiger partial charge is 0.307 e. The molecule has 0 bridgehead atoms. The molecule has 0 saturated carbocycles. The second kappa shape index (κ2) is 5.65. The topological polar surface area (TPSA) is 109 Å². The number of carboxylic acid groups (broad SMARTS) is 1.